The van der Waals surface area contributed by atoms with Crippen molar-refractivity contribution in [2.75, 3.05) is 13.1 Å². The molecule has 4 heterocycles. The van der Waals surface area contributed by atoms with Gasteiger partial charge in [0.05, 0.1) is 5.69 Å². The Labute approximate surface area is 161 Å². The minimum Gasteiger partial charge on any atom is -0.417 e. The molecule has 7 nitrogen and oxygen atoms in total. The van der Waals surface area contributed by atoms with Crippen LogP contribution < -0.4 is 0 Å². The lowest BCUT2D eigenvalue weighted by Gasteiger charge is -2.30. The van der Waals surface area contributed by atoms with E-state index in [4.69, 9.17) is 4.42 Å². The summed E-state index contributed by atoms with van der Waals surface area (Å²) < 4.78 is 44.4. The van der Waals surface area contributed by atoms with Gasteiger partial charge < -0.3 is 13.9 Å². The average Bonchev–Trinajstić information content (AvgIpc) is 3.41. The van der Waals surface area contributed by atoms with Crippen LogP contribution >= 0.6 is 11.3 Å². The summed E-state index contributed by atoms with van der Waals surface area (Å²) in [6.45, 7) is 2.60. The highest BCUT2D eigenvalue weighted by molar-refractivity contribution is 7.16. The molecule has 148 valence electrons. The van der Waals surface area contributed by atoms with Gasteiger partial charge in [-0.15, -0.1) is 10.2 Å². The van der Waals surface area contributed by atoms with Crippen molar-refractivity contribution in [1.82, 2.24) is 24.6 Å². The first kappa shape index (κ1) is 18.7. The van der Waals surface area contributed by atoms with Crippen LogP contribution in [0.3, 0.4) is 0 Å². The van der Waals surface area contributed by atoms with Crippen LogP contribution in [0.15, 0.2) is 28.9 Å². The summed E-state index contributed by atoms with van der Waals surface area (Å²) in [5.74, 6) is -1.76. The van der Waals surface area contributed by atoms with Crippen molar-refractivity contribution in [3.63, 3.8) is 0 Å². The number of piperidine rings is 1. The van der Waals surface area contributed by atoms with E-state index in [1.54, 1.807) is 11.8 Å². The third-order valence-electron chi connectivity index (χ3n) is 4.62. The number of aromatic nitrogens is 4. The second kappa shape index (κ2) is 7.04. The van der Waals surface area contributed by atoms with Gasteiger partial charge >= 0.3 is 12.1 Å². The average molecular weight is 411 g/mol. The van der Waals surface area contributed by atoms with Crippen molar-refractivity contribution >= 4 is 17.2 Å². The first-order valence-electron chi connectivity index (χ1n) is 8.63. The number of carbonyl (C=O) groups excluding carboxylic acids is 1. The lowest BCUT2D eigenvalue weighted by Crippen LogP contribution is -2.37. The fraction of sp³-hybridized carbons (Fsp3) is 0.412. The first-order valence-corrected chi connectivity index (χ1v) is 9.45. The zero-order chi connectivity index (χ0) is 19.9. The van der Waals surface area contributed by atoms with E-state index < -0.39 is 12.1 Å². The normalized spacial score (nSPS) is 15.9. The maximum absolute atomic E-state index is 12.9. The summed E-state index contributed by atoms with van der Waals surface area (Å²) in [5, 5.41) is 7.32. The zero-order valence-electron chi connectivity index (χ0n) is 14.8. The third kappa shape index (κ3) is 3.53. The molecule has 0 spiro atoms. The number of carbonyl (C=O) groups is 1. The topological polar surface area (TPSA) is 77.1 Å². The minimum atomic E-state index is -4.65. The number of thiazole rings is 1. The number of nitrogens with zero attached hydrogens (tertiary/aromatic N) is 5. The van der Waals surface area contributed by atoms with E-state index in [0.29, 0.717) is 41.6 Å². The number of aryl methyl sites for hydroxylation is 1. The molecule has 0 atom stereocenters. The Bertz CT molecular complexity index is 971. The molecule has 0 radical (unpaired) electrons. The van der Waals surface area contributed by atoms with Crippen molar-refractivity contribution in [2.45, 2.75) is 31.9 Å². The molecule has 1 aliphatic heterocycles. The Kier molecular flexibility index (Phi) is 4.69. The maximum Gasteiger partial charge on any atom is 0.470 e. The van der Waals surface area contributed by atoms with Crippen LogP contribution in [0.4, 0.5) is 13.2 Å². The molecule has 3 aromatic rings. The van der Waals surface area contributed by atoms with Gasteiger partial charge in [0.25, 0.3) is 5.91 Å². The molecule has 0 saturated carbocycles. The monoisotopic (exact) mass is 411 g/mol. The van der Waals surface area contributed by atoms with Gasteiger partial charge in [0.1, 0.15) is 4.88 Å². The second-order valence-corrected chi connectivity index (χ2v) is 7.49. The molecule has 0 bridgehead atoms. The van der Waals surface area contributed by atoms with Crippen molar-refractivity contribution in [2.24, 2.45) is 0 Å². The number of halogens is 3. The second-order valence-electron chi connectivity index (χ2n) is 6.51. The van der Waals surface area contributed by atoms with Gasteiger partial charge in [-0.1, -0.05) is 11.3 Å². The Morgan fingerprint density at radius 3 is 2.50 bits per heavy atom. The highest BCUT2D eigenvalue weighted by atomic mass is 32.1. The Morgan fingerprint density at radius 1 is 1.21 bits per heavy atom. The predicted octanol–water partition coefficient (Wildman–Crippen LogP) is 3.66. The highest BCUT2D eigenvalue weighted by Crippen LogP contribution is 2.33. The van der Waals surface area contributed by atoms with Crippen LogP contribution in [-0.4, -0.2) is 43.6 Å². The molecular formula is C17H16F3N5O2S. The number of likely N-dealkylation sites (tertiary alicyclic amines) is 1. The fourth-order valence-corrected chi connectivity index (χ4v) is 4.14. The quantitative estimate of drug-likeness (QED) is 0.657. The summed E-state index contributed by atoms with van der Waals surface area (Å²) in [6.07, 6.45) is -0.000631. The van der Waals surface area contributed by atoms with Gasteiger partial charge in [0, 0.05) is 31.4 Å². The van der Waals surface area contributed by atoms with E-state index in [1.807, 2.05) is 29.1 Å². The van der Waals surface area contributed by atoms with Crippen LogP contribution in [0.25, 0.3) is 5.13 Å². The summed E-state index contributed by atoms with van der Waals surface area (Å²) >= 11 is 1.32. The van der Waals surface area contributed by atoms with Crippen LogP contribution in [0, 0.1) is 6.92 Å². The van der Waals surface area contributed by atoms with E-state index in [-0.39, 0.29) is 17.7 Å². The van der Waals surface area contributed by atoms with Crippen LogP contribution in [0.1, 0.15) is 45.9 Å². The largest absolute Gasteiger partial charge is 0.470 e. The lowest BCUT2D eigenvalue weighted by molar-refractivity contribution is -0.157. The standard InChI is InChI=1S/C17H16F3N5O2S/c1-10-12(28-16(21-10)25-6-2-3-7-25)14(26)24-8-4-11(5-9-24)13-22-23-15(27-13)17(18,19)20/h2-3,6-7,11H,4-5,8-9H2,1H3. The van der Waals surface area contributed by atoms with Crippen molar-refractivity contribution in [1.29, 1.82) is 0 Å². The number of amides is 1. The highest BCUT2D eigenvalue weighted by Gasteiger charge is 2.39. The van der Waals surface area contributed by atoms with Gasteiger partial charge in [0.2, 0.25) is 5.89 Å². The molecule has 1 saturated heterocycles. The van der Waals surface area contributed by atoms with E-state index in [2.05, 4.69) is 15.2 Å². The van der Waals surface area contributed by atoms with Gasteiger partial charge in [-0.25, -0.2) is 4.98 Å². The van der Waals surface area contributed by atoms with E-state index in [1.165, 1.54) is 11.3 Å². The molecule has 1 aliphatic rings. The van der Waals surface area contributed by atoms with E-state index >= 15 is 0 Å². The van der Waals surface area contributed by atoms with Crippen LogP contribution in [0.2, 0.25) is 0 Å². The molecule has 0 aliphatic carbocycles. The molecule has 28 heavy (non-hydrogen) atoms. The van der Waals surface area contributed by atoms with Gasteiger partial charge in [-0.05, 0) is 31.9 Å². The molecule has 3 aromatic heterocycles. The maximum atomic E-state index is 12.9. The zero-order valence-corrected chi connectivity index (χ0v) is 15.6. The molecule has 0 unspecified atom stereocenters. The first-order chi connectivity index (χ1) is 13.3. The molecular weight excluding hydrogens is 395 g/mol. The minimum absolute atomic E-state index is 0.0247. The SMILES string of the molecule is Cc1nc(-n2cccc2)sc1C(=O)N1CCC(c2nnc(C(F)(F)F)o2)CC1. The Hall–Kier alpha value is -2.69. The molecule has 11 heteroatoms. The van der Waals surface area contributed by atoms with E-state index in [9.17, 15) is 18.0 Å². The summed E-state index contributed by atoms with van der Waals surface area (Å²) in [4.78, 5) is 19.6. The van der Waals surface area contributed by atoms with Gasteiger partial charge in [0.15, 0.2) is 5.13 Å². The molecule has 1 fully saturated rings. The number of hydrogen-bond acceptors (Lipinski definition) is 6. The Balaban J connectivity index is 1.43. The molecule has 1 amide bonds. The van der Waals surface area contributed by atoms with Crippen LogP contribution in [0.5, 0.6) is 0 Å². The molecule has 0 aromatic carbocycles. The predicted molar refractivity (Wildman–Crippen MR) is 93.4 cm³/mol. The number of rotatable bonds is 3. The lowest BCUT2D eigenvalue weighted by atomic mass is 9.96. The van der Waals surface area contributed by atoms with Gasteiger partial charge in [-0.3, -0.25) is 4.79 Å². The van der Waals surface area contributed by atoms with E-state index in [0.717, 1.165) is 0 Å². The summed E-state index contributed by atoms with van der Waals surface area (Å²) in [7, 11) is 0. The molecule has 4 rings (SSSR count). The van der Waals surface area contributed by atoms with Crippen molar-refractivity contribution in [3.8, 4) is 5.13 Å². The fourth-order valence-electron chi connectivity index (χ4n) is 3.14. The van der Waals surface area contributed by atoms with Crippen molar-refractivity contribution in [3.05, 3.63) is 46.9 Å². The van der Waals surface area contributed by atoms with Crippen LogP contribution in [-0.2, 0) is 6.18 Å². The smallest absolute Gasteiger partial charge is 0.417 e. The summed E-state index contributed by atoms with van der Waals surface area (Å²) in [6, 6.07) is 3.76. The van der Waals surface area contributed by atoms with Gasteiger partial charge in [-0.2, -0.15) is 13.2 Å². The molecule has 0 N–H and O–H groups in total. The number of alkyl halides is 3. The Morgan fingerprint density at radius 2 is 1.89 bits per heavy atom. The third-order valence-corrected chi connectivity index (χ3v) is 5.78. The van der Waals surface area contributed by atoms with Crippen molar-refractivity contribution < 1.29 is 22.4 Å². The summed E-state index contributed by atoms with van der Waals surface area (Å²) in [5.41, 5.74) is 0.660. The number of hydrogen-bond donors (Lipinski definition) is 0.